The highest BCUT2D eigenvalue weighted by Gasteiger charge is 2.16. The van der Waals surface area contributed by atoms with Gasteiger partial charge in [0, 0.05) is 4.88 Å². The molecule has 0 aliphatic heterocycles. The Labute approximate surface area is 136 Å². The van der Waals surface area contributed by atoms with E-state index in [-0.39, 0.29) is 6.04 Å². The number of nitrogens with zero attached hydrogens (tertiary/aromatic N) is 5. The number of hydrogen-bond acceptors (Lipinski definition) is 6. The van der Waals surface area contributed by atoms with Crippen LogP contribution >= 0.6 is 11.3 Å². The SMILES string of the molecule is Cc1ccc(C(Nc2ccc3nnnn3n2)c2cccs2)cc1. The Balaban J connectivity index is 1.71. The molecule has 0 aliphatic rings. The van der Waals surface area contributed by atoms with Crippen molar-refractivity contribution in [2.75, 3.05) is 5.32 Å². The zero-order valence-corrected chi connectivity index (χ0v) is 13.2. The van der Waals surface area contributed by atoms with E-state index < -0.39 is 0 Å². The Bertz CT molecular complexity index is 913. The van der Waals surface area contributed by atoms with Crippen LogP contribution in [0.4, 0.5) is 5.82 Å². The van der Waals surface area contributed by atoms with E-state index in [0.29, 0.717) is 5.65 Å². The van der Waals surface area contributed by atoms with Gasteiger partial charge in [0.1, 0.15) is 5.82 Å². The fraction of sp³-hybridized carbons (Fsp3) is 0.125. The van der Waals surface area contributed by atoms with E-state index in [1.54, 1.807) is 11.3 Å². The summed E-state index contributed by atoms with van der Waals surface area (Å²) in [6.45, 7) is 2.09. The number of benzene rings is 1. The molecule has 6 nitrogen and oxygen atoms in total. The fourth-order valence-corrected chi connectivity index (χ4v) is 3.21. The van der Waals surface area contributed by atoms with Gasteiger partial charge in [0.25, 0.3) is 0 Å². The first-order valence-corrected chi connectivity index (χ1v) is 8.09. The van der Waals surface area contributed by atoms with Gasteiger partial charge in [-0.1, -0.05) is 35.9 Å². The molecular formula is C16H14N6S. The van der Waals surface area contributed by atoms with Crippen molar-refractivity contribution in [3.63, 3.8) is 0 Å². The van der Waals surface area contributed by atoms with Crippen LogP contribution < -0.4 is 5.32 Å². The molecule has 1 unspecified atom stereocenters. The number of nitrogens with one attached hydrogen (secondary N) is 1. The lowest BCUT2D eigenvalue weighted by molar-refractivity contribution is 0.731. The van der Waals surface area contributed by atoms with Crippen molar-refractivity contribution in [2.24, 2.45) is 0 Å². The monoisotopic (exact) mass is 322 g/mol. The van der Waals surface area contributed by atoms with Crippen molar-refractivity contribution in [3.05, 3.63) is 69.9 Å². The second kappa shape index (κ2) is 5.77. The molecule has 0 spiro atoms. The second-order valence-corrected chi connectivity index (χ2v) is 6.23. The molecule has 1 N–H and O–H groups in total. The maximum absolute atomic E-state index is 4.40. The van der Waals surface area contributed by atoms with Crippen molar-refractivity contribution in [1.29, 1.82) is 0 Å². The van der Waals surface area contributed by atoms with Crippen molar-refractivity contribution in [1.82, 2.24) is 25.3 Å². The summed E-state index contributed by atoms with van der Waals surface area (Å²) in [5.41, 5.74) is 3.06. The summed E-state index contributed by atoms with van der Waals surface area (Å²) in [6, 6.07) is 16.5. The van der Waals surface area contributed by atoms with Gasteiger partial charge in [0.15, 0.2) is 5.65 Å². The van der Waals surface area contributed by atoms with Crippen LogP contribution in [0.3, 0.4) is 0 Å². The van der Waals surface area contributed by atoms with Crippen molar-refractivity contribution >= 4 is 22.8 Å². The summed E-state index contributed by atoms with van der Waals surface area (Å²) in [5, 5.41) is 21.3. The lowest BCUT2D eigenvalue weighted by Gasteiger charge is -2.18. The summed E-state index contributed by atoms with van der Waals surface area (Å²) in [4.78, 5) is 1.23. The summed E-state index contributed by atoms with van der Waals surface area (Å²) in [5.74, 6) is 0.726. The van der Waals surface area contributed by atoms with Crippen LogP contribution in [0.2, 0.25) is 0 Å². The van der Waals surface area contributed by atoms with Gasteiger partial charge in [0.2, 0.25) is 0 Å². The fourth-order valence-electron chi connectivity index (χ4n) is 2.41. The lowest BCUT2D eigenvalue weighted by atomic mass is 10.0. The minimum Gasteiger partial charge on any atom is -0.357 e. The van der Waals surface area contributed by atoms with Crippen molar-refractivity contribution in [3.8, 4) is 0 Å². The Morgan fingerprint density at radius 3 is 2.74 bits per heavy atom. The van der Waals surface area contributed by atoms with Crippen LogP contribution in [-0.4, -0.2) is 25.3 Å². The van der Waals surface area contributed by atoms with E-state index in [1.807, 2.05) is 12.1 Å². The van der Waals surface area contributed by atoms with E-state index in [1.165, 1.54) is 20.6 Å². The number of tetrazole rings is 1. The van der Waals surface area contributed by atoms with Crippen LogP contribution in [0.25, 0.3) is 5.65 Å². The Morgan fingerprint density at radius 1 is 1.09 bits per heavy atom. The molecule has 1 aromatic carbocycles. The second-order valence-electron chi connectivity index (χ2n) is 5.25. The predicted molar refractivity (Wildman–Crippen MR) is 89.5 cm³/mol. The van der Waals surface area contributed by atoms with Gasteiger partial charge in [-0.15, -0.1) is 26.2 Å². The van der Waals surface area contributed by atoms with E-state index in [9.17, 15) is 0 Å². The van der Waals surface area contributed by atoms with Crippen LogP contribution in [-0.2, 0) is 0 Å². The van der Waals surface area contributed by atoms with Crippen molar-refractivity contribution < 1.29 is 0 Å². The van der Waals surface area contributed by atoms with Gasteiger partial charge in [-0.2, -0.15) is 0 Å². The third kappa shape index (κ3) is 2.78. The molecule has 4 aromatic rings. The highest BCUT2D eigenvalue weighted by Crippen LogP contribution is 2.29. The van der Waals surface area contributed by atoms with E-state index >= 15 is 0 Å². The third-order valence-electron chi connectivity index (χ3n) is 3.60. The summed E-state index contributed by atoms with van der Waals surface area (Å²) < 4.78 is 1.42. The Morgan fingerprint density at radius 2 is 1.96 bits per heavy atom. The molecule has 0 fully saturated rings. The standard InChI is InChI=1S/C16H14N6S/c1-11-4-6-12(7-5-11)16(13-3-2-10-23-13)17-14-8-9-15-18-20-21-22(15)19-14/h2-10,16H,1H3,(H,17,19). The number of aromatic nitrogens is 5. The number of rotatable bonds is 4. The molecule has 0 bridgehead atoms. The Hall–Kier alpha value is -2.80. The van der Waals surface area contributed by atoms with Gasteiger partial charge < -0.3 is 5.32 Å². The molecular weight excluding hydrogens is 308 g/mol. The average molecular weight is 322 g/mol. The molecule has 23 heavy (non-hydrogen) atoms. The number of fused-ring (bicyclic) bond motifs is 1. The number of hydrogen-bond donors (Lipinski definition) is 1. The smallest absolute Gasteiger partial charge is 0.200 e. The molecule has 4 rings (SSSR count). The topological polar surface area (TPSA) is 68.0 Å². The normalized spacial score (nSPS) is 12.4. The lowest BCUT2D eigenvalue weighted by Crippen LogP contribution is -2.13. The van der Waals surface area contributed by atoms with Crippen LogP contribution in [0.15, 0.2) is 53.9 Å². The molecule has 0 aliphatic carbocycles. The summed E-state index contributed by atoms with van der Waals surface area (Å²) >= 11 is 1.72. The highest BCUT2D eigenvalue weighted by atomic mass is 32.1. The highest BCUT2D eigenvalue weighted by molar-refractivity contribution is 7.10. The number of anilines is 1. The van der Waals surface area contributed by atoms with E-state index in [2.05, 4.69) is 74.6 Å². The first-order valence-electron chi connectivity index (χ1n) is 7.21. The predicted octanol–water partition coefficient (Wildman–Crippen LogP) is 3.09. The van der Waals surface area contributed by atoms with Crippen LogP contribution in [0.1, 0.15) is 22.0 Å². The van der Waals surface area contributed by atoms with Gasteiger partial charge in [-0.25, -0.2) is 0 Å². The molecule has 0 saturated heterocycles. The maximum Gasteiger partial charge on any atom is 0.200 e. The van der Waals surface area contributed by atoms with Gasteiger partial charge in [-0.05, 0) is 46.5 Å². The third-order valence-corrected chi connectivity index (χ3v) is 4.54. The van der Waals surface area contributed by atoms with Gasteiger partial charge >= 0.3 is 0 Å². The Kier molecular flexibility index (Phi) is 3.47. The molecule has 3 aromatic heterocycles. The number of aryl methyl sites for hydroxylation is 1. The first-order chi connectivity index (χ1) is 11.3. The molecule has 7 heteroatoms. The number of thiophene rings is 1. The van der Waals surface area contributed by atoms with Crippen molar-refractivity contribution in [2.45, 2.75) is 13.0 Å². The minimum absolute atomic E-state index is 0.0389. The average Bonchev–Trinajstić information content (AvgIpc) is 3.24. The van der Waals surface area contributed by atoms with Gasteiger partial charge in [-0.3, -0.25) is 0 Å². The largest absolute Gasteiger partial charge is 0.357 e. The molecule has 3 heterocycles. The first kappa shape index (κ1) is 13.8. The zero-order valence-electron chi connectivity index (χ0n) is 12.4. The molecule has 0 amide bonds. The quantitative estimate of drug-likeness (QED) is 0.625. The molecule has 114 valence electrons. The summed E-state index contributed by atoms with van der Waals surface area (Å²) in [7, 11) is 0. The molecule has 0 radical (unpaired) electrons. The van der Waals surface area contributed by atoms with Crippen LogP contribution in [0, 0.1) is 6.92 Å². The summed E-state index contributed by atoms with van der Waals surface area (Å²) in [6.07, 6.45) is 0. The molecule has 1 atom stereocenters. The maximum atomic E-state index is 4.40. The zero-order chi connectivity index (χ0) is 15.6. The molecule has 0 saturated carbocycles. The minimum atomic E-state index is 0.0389. The van der Waals surface area contributed by atoms with E-state index in [4.69, 9.17) is 0 Å². The van der Waals surface area contributed by atoms with Crippen LogP contribution in [0.5, 0.6) is 0 Å². The van der Waals surface area contributed by atoms with Gasteiger partial charge in [0.05, 0.1) is 6.04 Å². The van der Waals surface area contributed by atoms with E-state index in [0.717, 1.165) is 5.82 Å².